The fraction of sp³-hybridized carbons (Fsp3) is 0.188. The van der Waals surface area contributed by atoms with Gasteiger partial charge in [-0.25, -0.2) is 4.39 Å². The number of nitrogens with zero attached hydrogens (tertiary/aromatic N) is 1. The van der Waals surface area contributed by atoms with Crippen molar-refractivity contribution in [3.05, 3.63) is 53.3 Å². The number of halogens is 1. The summed E-state index contributed by atoms with van der Waals surface area (Å²) in [6.45, 7) is 1.98. The van der Waals surface area contributed by atoms with Gasteiger partial charge in [-0.1, -0.05) is 0 Å². The number of pyridine rings is 1. The molecular formula is C16H15FN2OS. The number of methoxy groups -OCH3 is 1. The zero-order valence-corrected chi connectivity index (χ0v) is 12.6. The molecule has 21 heavy (non-hydrogen) atoms. The fourth-order valence-electron chi connectivity index (χ4n) is 2.16. The van der Waals surface area contributed by atoms with E-state index >= 15 is 0 Å². The van der Waals surface area contributed by atoms with Crippen LogP contribution in [0.15, 0.2) is 41.9 Å². The number of hydrogen-bond acceptors (Lipinski definition) is 4. The minimum absolute atomic E-state index is 0.0504. The molecule has 1 aromatic carbocycles. The zero-order valence-electron chi connectivity index (χ0n) is 11.8. The van der Waals surface area contributed by atoms with Crippen LogP contribution >= 0.6 is 11.3 Å². The molecule has 2 aromatic heterocycles. The van der Waals surface area contributed by atoms with Crippen LogP contribution < -0.4 is 10.1 Å². The van der Waals surface area contributed by atoms with Gasteiger partial charge in [-0.3, -0.25) is 4.98 Å². The first-order valence-electron chi connectivity index (χ1n) is 6.60. The summed E-state index contributed by atoms with van der Waals surface area (Å²) < 4.78 is 20.1. The van der Waals surface area contributed by atoms with E-state index < -0.39 is 0 Å². The van der Waals surface area contributed by atoms with Crippen molar-refractivity contribution in [1.29, 1.82) is 0 Å². The first kappa shape index (κ1) is 13.8. The van der Waals surface area contributed by atoms with Gasteiger partial charge in [0.1, 0.15) is 11.6 Å². The Morgan fingerprint density at radius 3 is 2.95 bits per heavy atom. The van der Waals surface area contributed by atoms with Crippen LogP contribution in [0, 0.1) is 5.82 Å². The van der Waals surface area contributed by atoms with E-state index in [0.29, 0.717) is 11.4 Å². The van der Waals surface area contributed by atoms with Gasteiger partial charge in [0.05, 0.1) is 29.1 Å². The molecule has 1 unspecified atom stereocenters. The minimum atomic E-state index is -0.298. The third-order valence-electron chi connectivity index (χ3n) is 3.37. The monoisotopic (exact) mass is 302 g/mol. The molecule has 0 saturated carbocycles. The quantitative estimate of drug-likeness (QED) is 0.763. The molecule has 3 aromatic rings. The van der Waals surface area contributed by atoms with Crippen molar-refractivity contribution in [3.63, 3.8) is 0 Å². The minimum Gasteiger partial charge on any atom is -0.497 e. The Morgan fingerprint density at radius 2 is 2.14 bits per heavy atom. The molecule has 5 heteroatoms. The van der Waals surface area contributed by atoms with E-state index in [-0.39, 0.29) is 11.9 Å². The van der Waals surface area contributed by atoms with E-state index in [1.807, 2.05) is 24.6 Å². The smallest absolute Gasteiger partial charge is 0.146 e. The molecule has 0 spiro atoms. The fourth-order valence-corrected chi connectivity index (χ4v) is 2.95. The van der Waals surface area contributed by atoms with Crippen molar-refractivity contribution >= 4 is 27.2 Å². The Hall–Kier alpha value is -2.14. The highest BCUT2D eigenvalue weighted by atomic mass is 32.1. The zero-order chi connectivity index (χ0) is 14.8. The summed E-state index contributed by atoms with van der Waals surface area (Å²) >= 11 is 1.65. The molecule has 108 valence electrons. The van der Waals surface area contributed by atoms with Crippen LogP contribution in [0.1, 0.15) is 18.5 Å². The average molecular weight is 302 g/mol. The number of fused-ring (bicyclic) bond motifs is 1. The van der Waals surface area contributed by atoms with E-state index in [4.69, 9.17) is 4.74 Å². The number of aromatic nitrogens is 1. The van der Waals surface area contributed by atoms with Gasteiger partial charge < -0.3 is 10.1 Å². The van der Waals surface area contributed by atoms with Crippen LogP contribution in [0.25, 0.3) is 10.2 Å². The molecule has 3 nitrogen and oxygen atoms in total. The number of thiophene rings is 1. The lowest BCUT2D eigenvalue weighted by atomic mass is 10.1. The number of benzene rings is 1. The van der Waals surface area contributed by atoms with Crippen molar-refractivity contribution in [2.45, 2.75) is 13.0 Å². The molecule has 0 aliphatic carbocycles. The van der Waals surface area contributed by atoms with Gasteiger partial charge in [-0.15, -0.1) is 11.3 Å². The maximum atomic E-state index is 13.9. The highest BCUT2D eigenvalue weighted by Crippen LogP contribution is 2.27. The molecule has 2 heterocycles. The third-order valence-corrected chi connectivity index (χ3v) is 4.22. The van der Waals surface area contributed by atoms with Gasteiger partial charge in [-0.2, -0.15) is 0 Å². The standard InChI is InChI=1S/C16H15FN2OS/c1-10(11-7-16-14(18-9-11)5-6-21-16)19-15-8-12(20-2)3-4-13(15)17/h3-10,19H,1-2H3. The van der Waals surface area contributed by atoms with Crippen LogP contribution in [0.2, 0.25) is 0 Å². The first-order valence-corrected chi connectivity index (χ1v) is 7.48. The van der Waals surface area contributed by atoms with E-state index in [1.54, 1.807) is 30.6 Å². The molecule has 0 amide bonds. The summed E-state index contributed by atoms with van der Waals surface area (Å²) in [5, 5.41) is 5.18. The number of hydrogen-bond donors (Lipinski definition) is 1. The molecule has 3 rings (SSSR count). The number of anilines is 1. The van der Waals surface area contributed by atoms with E-state index in [0.717, 1.165) is 15.8 Å². The van der Waals surface area contributed by atoms with Crippen LogP contribution in [-0.4, -0.2) is 12.1 Å². The number of rotatable bonds is 4. The summed E-state index contributed by atoms with van der Waals surface area (Å²) in [5.41, 5.74) is 2.43. The van der Waals surface area contributed by atoms with E-state index in [2.05, 4.69) is 16.4 Å². The van der Waals surface area contributed by atoms with Gasteiger partial charge in [-0.05, 0) is 42.1 Å². The summed E-state index contributed by atoms with van der Waals surface area (Å²) in [5.74, 6) is 0.325. The second kappa shape index (κ2) is 5.69. The summed E-state index contributed by atoms with van der Waals surface area (Å²) in [7, 11) is 1.56. The lowest BCUT2D eigenvalue weighted by Gasteiger charge is -2.16. The Kier molecular flexibility index (Phi) is 3.75. The molecule has 1 N–H and O–H groups in total. The predicted molar refractivity (Wildman–Crippen MR) is 84.6 cm³/mol. The Bertz CT molecular complexity index is 772. The molecule has 0 radical (unpaired) electrons. The first-order chi connectivity index (χ1) is 10.2. The van der Waals surface area contributed by atoms with Crippen molar-refractivity contribution in [2.24, 2.45) is 0 Å². The van der Waals surface area contributed by atoms with Gasteiger partial charge >= 0.3 is 0 Å². The SMILES string of the molecule is COc1ccc(F)c(NC(C)c2cnc3ccsc3c2)c1. The van der Waals surface area contributed by atoms with Crippen molar-refractivity contribution in [2.75, 3.05) is 12.4 Å². The Balaban J connectivity index is 1.86. The number of ether oxygens (including phenoxy) is 1. The number of nitrogens with one attached hydrogen (secondary N) is 1. The average Bonchev–Trinajstić information content (AvgIpc) is 2.96. The second-order valence-electron chi connectivity index (χ2n) is 4.78. The molecular weight excluding hydrogens is 287 g/mol. The van der Waals surface area contributed by atoms with Crippen molar-refractivity contribution in [3.8, 4) is 5.75 Å². The van der Waals surface area contributed by atoms with Crippen LogP contribution in [0.5, 0.6) is 5.75 Å². The van der Waals surface area contributed by atoms with Crippen LogP contribution in [0.4, 0.5) is 10.1 Å². The molecule has 0 aliphatic rings. The lowest BCUT2D eigenvalue weighted by Crippen LogP contribution is -2.08. The van der Waals surface area contributed by atoms with Crippen molar-refractivity contribution in [1.82, 2.24) is 4.98 Å². The molecule has 0 saturated heterocycles. The highest BCUT2D eigenvalue weighted by molar-refractivity contribution is 7.17. The maximum Gasteiger partial charge on any atom is 0.146 e. The predicted octanol–water partition coefficient (Wildman–Crippen LogP) is 4.62. The summed E-state index contributed by atoms with van der Waals surface area (Å²) in [4.78, 5) is 4.41. The molecule has 1 atom stereocenters. The van der Waals surface area contributed by atoms with Crippen molar-refractivity contribution < 1.29 is 9.13 Å². The summed E-state index contributed by atoms with van der Waals surface area (Å²) in [6, 6.07) is 8.68. The second-order valence-corrected chi connectivity index (χ2v) is 5.73. The Labute approximate surface area is 126 Å². The lowest BCUT2D eigenvalue weighted by molar-refractivity contribution is 0.414. The Morgan fingerprint density at radius 1 is 1.29 bits per heavy atom. The van der Waals surface area contributed by atoms with Gasteiger partial charge in [0.15, 0.2) is 0 Å². The molecule has 0 bridgehead atoms. The van der Waals surface area contributed by atoms with Crippen LogP contribution in [-0.2, 0) is 0 Å². The van der Waals surface area contributed by atoms with Crippen LogP contribution in [0.3, 0.4) is 0 Å². The molecule has 0 aliphatic heterocycles. The highest BCUT2D eigenvalue weighted by Gasteiger charge is 2.11. The normalized spacial score (nSPS) is 12.3. The third kappa shape index (κ3) is 2.83. The van der Waals surface area contributed by atoms with E-state index in [9.17, 15) is 4.39 Å². The topological polar surface area (TPSA) is 34.1 Å². The maximum absolute atomic E-state index is 13.9. The van der Waals surface area contributed by atoms with E-state index in [1.165, 1.54) is 6.07 Å². The summed E-state index contributed by atoms with van der Waals surface area (Å²) in [6.07, 6.45) is 1.82. The largest absolute Gasteiger partial charge is 0.497 e. The molecule has 0 fully saturated rings. The van der Waals surface area contributed by atoms with Gasteiger partial charge in [0, 0.05) is 12.3 Å². The van der Waals surface area contributed by atoms with Gasteiger partial charge in [0.25, 0.3) is 0 Å². The van der Waals surface area contributed by atoms with Gasteiger partial charge in [0.2, 0.25) is 0 Å².